The van der Waals surface area contributed by atoms with E-state index in [1.54, 1.807) is 6.07 Å². The van der Waals surface area contributed by atoms with Gasteiger partial charge in [0.1, 0.15) is 0 Å². The molecule has 0 aliphatic carbocycles. The van der Waals surface area contributed by atoms with Gasteiger partial charge in [-0.1, -0.05) is 0 Å². The molecule has 2 heterocycles. The number of aliphatic imine (C=N–C) groups is 1. The molecule has 24 heavy (non-hydrogen) atoms. The van der Waals surface area contributed by atoms with Crippen LogP contribution in [0.4, 0.5) is 14.5 Å². The summed E-state index contributed by atoms with van der Waals surface area (Å²) in [5.41, 5.74) is 6.80. The van der Waals surface area contributed by atoms with Crippen molar-refractivity contribution < 1.29 is 8.78 Å². The Morgan fingerprint density at radius 2 is 1.96 bits per heavy atom. The third-order valence-corrected chi connectivity index (χ3v) is 5.34. The number of benzene rings is 1. The van der Waals surface area contributed by atoms with Crippen molar-refractivity contribution in [2.75, 3.05) is 49.1 Å². The molecule has 0 saturated carbocycles. The summed E-state index contributed by atoms with van der Waals surface area (Å²) in [6.45, 7) is 4.26. The minimum atomic E-state index is -0.804. The average molecular weight is 468 g/mol. The molecule has 2 aliphatic rings. The molecule has 4 nitrogen and oxygen atoms in total. The van der Waals surface area contributed by atoms with Crippen LogP contribution in [0.1, 0.15) is 6.42 Å². The van der Waals surface area contributed by atoms with Crippen LogP contribution in [0.2, 0.25) is 0 Å². The molecule has 1 aromatic carbocycles. The van der Waals surface area contributed by atoms with Gasteiger partial charge >= 0.3 is 0 Å². The molecular weight excluding hydrogens is 445 g/mol. The van der Waals surface area contributed by atoms with Crippen molar-refractivity contribution in [3.05, 3.63) is 29.8 Å². The molecule has 0 amide bonds. The first-order valence-corrected chi connectivity index (χ1v) is 9.11. The number of halogens is 3. The van der Waals surface area contributed by atoms with Crippen molar-refractivity contribution in [2.24, 2.45) is 16.6 Å². The molecule has 2 fully saturated rings. The van der Waals surface area contributed by atoms with E-state index >= 15 is 0 Å². The maximum Gasteiger partial charge on any atom is 0.191 e. The van der Waals surface area contributed by atoms with Gasteiger partial charge in [0.25, 0.3) is 0 Å². The van der Waals surface area contributed by atoms with Gasteiger partial charge in [-0.2, -0.15) is 11.8 Å². The molecule has 0 radical (unpaired) electrons. The van der Waals surface area contributed by atoms with E-state index < -0.39 is 11.6 Å². The van der Waals surface area contributed by atoms with Crippen molar-refractivity contribution in [1.29, 1.82) is 0 Å². The lowest BCUT2D eigenvalue weighted by molar-refractivity contribution is 0.452. The highest BCUT2D eigenvalue weighted by Gasteiger charge is 2.23. The fourth-order valence-electron chi connectivity index (χ4n) is 3.01. The molecule has 134 valence electrons. The molecule has 1 atom stereocenters. The van der Waals surface area contributed by atoms with Crippen LogP contribution in [0.5, 0.6) is 0 Å². The lowest BCUT2D eigenvalue weighted by Gasteiger charge is -2.27. The Labute approximate surface area is 162 Å². The fourth-order valence-corrected chi connectivity index (χ4v) is 3.92. The van der Waals surface area contributed by atoms with Gasteiger partial charge < -0.3 is 15.5 Å². The van der Waals surface area contributed by atoms with E-state index in [9.17, 15) is 8.78 Å². The molecule has 1 unspecified atom stereocenters. The van der Waals surface area contributed by atoms with E-state index in [2.05, 4.69) is 14.8 Å². The highest BCUT2D eigenvalue weighted by molar-refractivity contribution is 14.0. The van der Waals surface area contributed by atoms with Crippen molar-refractivity contribution in [3.63, 3.8) is 0 Å². The minimum Gasteiger partial charge on any atom is -0.371 e. The summed E-state index contributed by atoms with van der Waals surface area (Å²) in [6, 6.07) is 4.08. The van der Waals surface area contributed by atoms with Crippen LogP contribution in [0.15, 0.2) is 23.2 Å². The summed E-state index contributed by atoms with van der Waals surface area (Å²) in [6.07, 6.45) is 0.992. The maximum absolute atomic E-state index is 13.3. The summed E-state index contributed by atoms with van der Waals surface area (Å²) < 4.78 is 26.4. The van der Waals surface area contributed by atoms with Gasteiger partial charge in [-0.3, -0.25) is 4.99 Å². The molecule has 2 N–H and O–H groups in total. The largest absolute Gasteiger partial charge is 0.371 e. The second kappa shape index (κ2) is 9.07. The summed E-state index contributed by atoms with van der Waals surface area (Å²) in [5, 5.41) is 0. The highest BCUT2D eigenvalue weighted by Crippen LogP contribution is 2.25. The zero-order valence-corrected chi connectivity index (χ0v) is 16.6. The second-order valence-corrected chi connectivity index (χ2v) is 7.22. The summed E-state index contributed by atoms with van der Waals surface area (Å²) >= 11 is 1.94. The minimum absolute atomic E-state index is 0. The van der Waals surface area contributed by atoms with Crippen molar-refractivity contribution in [1.82, 2.24) is 4.90 Å². The quantitative estimate of drug-likeness (QED) is 0.421. The van der Waals surface area contributed by atoms with E-state index in [0.29, 0.717) is 18.4 Å². The van der Waals surface area contributed by atoms with Gasteiger partial charge in [-0.15, -0.1) is 24.0 Å². The van der Waals surface area contributed by atoms with E-state index in [4.69, 9.17) is 5.73 Å². The van der Waals surface area contributed by atoms with Crippen LogP contribution in [0, 0.1) is 17.6 Å². The number of anilines is 1. The standard InChI is InChI=1S/C16H22F2N4S.HI/c17-14-2-1-13(9-15(14)18)22-4-3-12(11-22)10-20-16(19)21-5-7-23-8-6-21;/h1-2,9,12H,3-8,10-11H2,(H2,19,20);1H. The van der Waals surface area contributed by atoms with Crippen molar-refractivity contribution in [2.45, 2.75) is 6.42 Å². The van der Waals surface area contributed by atoms with Crippen LogP contribution in [0.25, 0.3) is 0 Å². The Kier molecular flexibility index (Phi) is 7.39. The fraction of sp³-hybridized carbons (Fsp3) is 0.562. The normalized spacial score (nSPS) is 21.8. The number of hydrogen-bond acceptors (Lipinski definition) is 3. The SMILES string of the molecule is I.NC(=NCC1CCN(c2ccc(F)c(F)c2)C1)N1CCSCC1. The van der Waals surface area contributed by atoms with Gasteiger partial charge in [0.05, 0.1) is 0 Å². The number of thioether (sulfide) groups is 1. The predicted molar refractivity (Wildman–Crippen MR) is 107 cm³/mol. The van der Waals surface area contributed by atoms with Gasteiger partial charge in [0, 0.05) is 56.0 Å². The highest BCUT2D eigenvalue weighted by atomic mass is 127. The Morgan fingerprint density at radius 3 is 2.67 bits per heavy atom. The first-order chi connectivity index (χ1) is 11.1. The molecular formula is C16H23F2IN4S. The zero-order valence-electron chi connectivity index (χ0n) is 13.5. The maximum atomic E-state index is 13.3. The van der Waals surface area contributed by atoms with E-state index in [1.165, 1.54) is 12.1 Å². The van der Waals surface area contributed by atoms with Crippen molar-refractivity contribution >= 4 is 47.4 Å². The van der Waals surface area contributed by atoms with Crippen LogP contribution >= 0.6 is 35.7 Å². The molecule has 0 spiro atoms. The number of rotatable bonds is 3. The Hall–Kier alpha value is -0.770. The molecule has 0 aromatic heterocycles. The Bertz CT molecular complexity index is 581. The van der Waals surface area contributed by atoms with Crippen LogP contribution < -0.4 is 10.6 Å². The second-order valence-electron chi connectivity index (χ2n) is 6.00. The third kappa shape index (κ3) is 4.87. The molecule has 0 bridgehead atoms. The average Bonchev–Trinajstić information content (AvgIpc) is 3.05. The number of nitrogens with two attached hydrogens (primary N) is 1. The van der Waals surface area contributed by atoms with Crippen LogP contribution in [-0.4, -0.2) is 55.1 Å². The molecule has 3 rings (SSSR count). The van der Waals surface area contributed by atoms with Gasteiger partial charge in [0.2, 0.25) is 0 Å². The Morgan fingerprint density at radius 1 is 1.21 bits per heavy atom. The third-order valence-electron chi connectivity index (χ3n) is 4.40. The van der Waals surface area contributed by atoms with E-state index in [1.807, 2.05) is 11.8 Å². The Balaban J connectivity index is 0.00000208. The molecule has 2 aliphatic heterocycles. The molecule has 1 aromatic rings. The van der Waals surface area contributed by atoms with Gasteiger partial charge in [0.15, 0.2) is 17.6 Å². The van der Waals surface area contributed by atoms with E-state index in [-0.39, 0.29) is 24.0 Å². The predicted octanol–water partition coefficient (Wildman–Crippen LogP) is 2.77. The lowest BCUT2D eigenvalue weighted by atomic mass is 10.1. The van der Waals surface area contributed by atoms with Gasteiger partial charge in [-0.25, -0.2) is 8.78 Å². The first-order valence-electron chi connectivity index (χ1n) is 7.96. The van der Waals surface area contributed by atoms with Crippen LogP contribution in [0.3, 0.4) is 0 Å². The van der Waals surface area contributed by atoms with Crippen LogP contribution in [-0.2, 0) is 0 Å². The topological polar surface area (TPSA) is 44.9 Å². The number of nitrogens with zero attached hydrogens (tertiary/aromatic N) is 3. The summed E-state index contributed by atoms with van der Waals surface area (Å²) in [7, 11) is 0. The summed E-state index contributed by atoms with van der Waals surface area (Å²) in [4.78, 5) is 8.76. The molecule has 2 saturated heterocycles. The number of hydrogen-bond donors (Lipinski definition) is 1. The monoisotopic (exact) mass is 468 g/mol. The van der Waals surface area contributed by atoms with Crippen molar-refractivity contribution in [3.8, 4) is 0 Å². The van der Waals surface area contributed by atoms with Gasteiger partial charge in [-0.05, 0) is 24.5 Å². The lowest BCUT2D eigenvalue weighted by Crippen LogP contribution is -2.43. The first kappa shape index (κ1) is 19.6. The van der Waals surface area contributed by atoms with E-state index in [0.717, 1.165) is 49.8 Å². The number of guanidine groups is 1. The summed E-state index contributed by atoms with van der Waals surface area (Å²) in [5.74, 6) is 1.64. The smallest absolute Gasteiger partial charge is 0.191 e. The molecule has 8 heteroatoms. The zero-order chi connectivity index (χ0) is 16.2.